The molecule has 28 heavy (non-hydrogen) atoms. The highest BCUT2D eigenvalue weighted by Gasteiger charge is 2.11. The van der Waals surface area contributed by atoms with Crippen LogP contribution < -0.4 is 15.4 Å². The fourth-order valence-electron chi connectivity index (χ4n) is 3.08. The number of imidazole rings is 1. The summed E-state index contributed by atoms with van der Waals surface area (Å²) in [5, 5.41) is 15.6. The number of amides is 2. The van der Waals surface area contributed by atoms with Gasteiger partial charge in [0.2, 0.25) is 0 Å². The lowest BCUT2D eigenvalue weighted by atomic mass is 10.1. The molecular formula is C21H26N4O3. The largest absolute Gasteiger partial charge is 0.506 e. The summed E-state index contributed by atoms with van der Waals surface area (Å²) in [7, 11) is 1.64. The van der Waals surface area contributed by atoms with Crippen LogP contribution in [0.5, 0.6) is 11.5 Å². The number of benzene rings is 1. The van der Waals surface area contributed by atoms with Crippen molar-refractivity contribution in [2.75, 3.05) is 12.4 Å². The monoisotopic (exact) mass is 382 g/mol. The van der Waals surface area contributed by atoms with Crippen molar-refractivity contribution in [3.63, 3.8) is 0 Å². The highest BCUT2D eigenvalue weighted by Crippen LogP contribution is 2.25. The van der Waals surface area contributed by atoms with Crippen molar-refractivity contribution in [1.29, 1.82) is 0 Å². The molecule has 1 aromatic carbocycles. The summed E-state index contributed by atoms with van der Waals surface area (Å²) in [6.45, 7) is 5.79. The fourth-order valence-corrected chi connectivity index (χ4v) is 3.08. The van der Waals surface area contributed by atoms with Gasteiger partial charge in [0.05, 0.1) is 18.5 Å². The Morgan fingerprint density at radius 1 is 1.25 bits per heavy atom. The van der Waals surface area contributed by atoms with E-state index in [1.165, 1.54) is 0 Å². The van der Waals surface area contributed by atoms with Gasteiger partial charge in [0.25, 0.3) is 0 Å². The van der Waals surface area contributed by atoms with Gasteiger partial charge in [-0.05, 0) is 57.4 Å². The first-order valence-corrected chi connectivity index (χ1v) is 9.28. The molecular weight excluding hydrogens is 356 g/mol. The van der Waals surface area contributed by atoms with Crippen LogP contribution >= 0.6 is 0 Å². The number of aromatic nitrogens is 2. The number of pyridine rings is 1. The predicted molar refractivity (Wildman–Crippen MR) is 109 cm³/mol. The molecule has 2 heterocycles. The van der Waals surface area contributed by atoms with Crippen LogP contribution in [0.25, 0.3) is 5.65 Å². The topological polar surface area (TPSA) is 87.9 Å². The Morgan fingerprint density at radius 2 is 2.04 bits per heavy atom. The summed E-state index contributed by atoms with van der Waals surface area (Å²) in [5.41, 5.74) is 4.31. The van der Waals surface area contributed by atoms with Crippen LogP contribution in [0, 0.1) is 6.92 Å². The van der Waals surface area contributed by atoms with Crippen molar-refractivity contribution in [2.24, 2.45) is 0 Å². The minimum absolute atomic E-state index is 0.0232. The minimum atomic E-state index is -0.339. The van der Waals surface area contributed by atoms with E-state index in [1.807, 2.05) is 49.6 Å². The number of nitrogens with one attached hydrogen (secondary N) is 2. The standard InChI is InChI=1S/C21H26N4O3/c1-13(2)22-21(27)24-18-8-6-15(11-19(18)26)5-7-17-14(3)25-10-9-16(28-4)12-20(25)23-17/h6,8-13,26H,5,7H2,1-4H3,(H2,22,24,27). The lowest BCUT2D eigenvalue weighted by Crippen LogP contribution is -2.34. The number of hydrogen-bond acceptors (Lipinski definition) is 4. The van der Waals surface area contributed by atoms with Crippen LogP contribution in [-0.4, -0.2) is 33.7 Å². The molecule has 0 aliphatic rings. The SMILES string of the molecule is COc1ccn2c(C)c(CCc3ccc(NC(=O)NC(C)C)c(O)c3)nc2c1. The Bertz CT molecular complexity index is 995. The quantitative estimate of drug-likeness (QED) is 0.568. The van der Waals surface area contributed by atoms with Gasteiger partial charge in [0, 0.05) is 24.0 Å². The number of phenolic OH excluding ortho intramolecular Hbond substituents is 1. The van der Waals surface area contributed by atoms with Crippen molar-refractivity contribution in [2.45, 2.75) is 39.7 Å². The summed E-state index contributed by atoms with van der Waals surface area (Å²) < 4.78 is 7.30. The number of anilines is 1. The number of ether oxygens (including phenoxy) is 1. The third-order valence-corrected chi connectivity index (χ3v) is 4.55. The molecule has 7 nitrogen and oxygen atoms in total. The molecule has 148 valence electrons. The van der Waals surface area contributed by atoms with Crippen LogP contribution in [-0.2, 0) is 12.8 Å². The van der Waals surface area contributed by atoms with Gasteiger partial charge in [-0.3, -0.25) is 0 Å². The highest BCUT2D eigenvalue weighted by molar-refractivity contribution is 5.91. The van der Waals surface area contributed by atoms with Gasteiger partial charge in [-0.15, -0.1) is 0 Å². The van der Waals surface area contributed by atoms with Gasteiger partial charge in [-0.2, -0.15) is 0 Å². The van der Waals surface area contributed by atoms with Crippen LogP contribution in [0.1, 0.15) is 30.8 Å². The van der Waals surface area contributed by atoms with Gasteiger partial charge < -0.3 is 24.9 Å². The van der Waals surface area contributed by atoms with Gasteiger partial charge in [-0.1, -0.05) is 6.07 Å². The predicted octanol–water partition coefficient (Wildman–Crippen LogP) is 3.67. The molecule has 7 heteroatoms. The fraction of sp³-hybridized carbons (Fsp3) is 0.333. The zero-order valence-electron chi connectivity index (χ0n) is 16.6. The number of carbonyl (C=O) groups excluding carboxylic acids is 1. The Balaban J connectivity index is 1.69. The van der Waals surface area contributed by atoms with Crippen LogP contribution in [0.3, 0.4) is 0 Å². The van der Waals surface area contributed by atoms with E-state index in [2.05, 4.69) is 10.6 Å². The van der Waals surface area contributed by atoms with E-state index in [9.17, 15) is 9.90 Å². The normalized spacial score (nSPS) is 11.0. The third kappa shape index (κ3) is 4.36. The Labute approximate surface area is 164 Å². The van der Waals surface area contributed by atoms with Crippen LogP contribution in [0.15, 0.2) is 36.5 Å². The maximum atomic E-state index is 11.8. The second-order valence-corrected chi connectivity index (χ2v) is 7.04. The summed E-state index contributed by atoms with van der Waals surface area (Å²) in [6, 6.07) is 8.79. The molecule has 0 bridgehead atoms. The van der Waals surface area contributed by atoms with Crippen molar-refractivity contribution in [3.8, 4) is 11.5 Å². The van der Waals surface area contributed by atoms with Gasteiger partial charge in [-0.25, -0.2) is 9.78 Å². The molecule has 2 amide bonds. The molecule has 0 saturated carbocycles. The van der Waals surface area contributed by atoms with E-state index in [0.29, 0.717) is 5.69 Å². The van der Waals surface area contributed by atoms with E-state index < -0.39 is 0 Å². The molecule has 0 atom stereocenters. The zero-order valence-corrected chi connectivity index (χ0v) is 16.6. The van der Waals surface area contributed by atoms with E-state index >= 15 is 0 Å². The Hall–Kier alpha value is -3.22. The molecule has 3 aromatic rings. The summed E-state index contributed by atoms with van der Waals surface area (Å²) >= 11 is 0. The number of hydrogen-bond donors (Lipinski definition) is 3. The first-order chi connectivity index (χ1) is 13.4. The Morgan fingerprint density at radius 3 is 2.71 bits per heavy atom. The average Bonchev–Trinajstić information content (AvgIpc) is 2.96. The van der Waals surface area contributed by atoms with Crippen LogP contribution in [0.2, 0.25) is 0 Å². The molecule has 3 rings (SSSR count). The molecule has 2 aromatic heterocycles. The number of methoxy groups -OCH3 is 1. The summed E-state index contributed by atoms with van der Waals surface area (Å²) in [6.07, 6.45) is 3.43. The number of fused-ring (bicyclic) bond motifs is 1. The molecule has 0 saturated heterocycles. The second-order valence-electron chi connectivity index (χ2n) is 7.04. The highest BCUT2D eigenvalue weighted by atomic mass is 16.5. The third-order valence-electron chi connectivity index (χ3n) is 4.55. The van der Waals surface area contributed by atoms with Crippen LogP contribution in [0.4, 0.5) is 10.5 Å². The van der Waals surface area contributed by atoms with Crippen molar-refractivity contribution in [3.05, 3.63) is 53.5 Å². The molecule has 0 fully saturated rings. The van der Waals surface area contributed by atoms with E-state index in [4.69, 9.17) is 9.72 Å². The van der Waals surface area contributed by atoms with Crippen molar-refractivity contribution in [1.82, 2.24) is 14.7 Å². The molecule has 0 spiro atoms. The lowest BCUT2D eigenvalue weighted by molar-refractivity contribution is 0.250. The number of aromatic hydroxyl groups is 1. The molecule has 0 aliphatic heterocycles. The molecule has 0 aliphatic carbocycles. The van der Waals surface area contributed by atoms with Crippen molar-refractivity contribution >= 4 is 17.4 Å². The van der Waals surface area contributed by atoms with E-state index in [1.54, 1.807) is 19.2 Å². The Kier molecular flexibility index (Phi) is 5.73. The maximum absolute atomic E-state index is 11.8. The van der Waals surface area contributed by atoms with Gasteiger partial charge in [0.15, 0.2) is 0 Å². The van der Waals surface area contributed by atoms with E-state index in [-0.39, 0.29) is 17.8 Å². The molecule has 3 N–H and O–H groups in total. The number of phenols is 1. The maximum Gasteiger partial charge on any atom is 0.319 e. The summed E-state index contributed by atoms with van der Waals surface area (Å²) in [5.74, 6) is 0.825. The number of urea groups is 1. The second kappa shape index (κ2) is 8.21. The number of aryl methyl sites for hydroxylation is 3. The minimum Gasteiger partial charge on any atom is -0.506 e. The molecule has 0 radical (unpaired) electrons. The first kappa shape index (κ1) is 19.5. The average molecular weight is 382 g/mol. The number of carbonyl (C=O) groups is 1. The zero-order chi connectivity index (χ0) is 20.3. The molecule has 0 unspecified atom stereocenters. The van der Waals surface area contributed by atoms with Gasteiger partial charge >= 0.3 is 6.03 Å². The van der Waals surface area contributed by atoms with Gasteiger partial charge in [0.1, 0.15) is 17.1 Å². The smallest absolute Gasteiger partial charge is 0.319 e. The van der Waals surface area contributed by atoms with E-state index in [0.717, 1.165) is 41.2 Å². The van der Waals surface area contributed by atoms with Crippen molar-refractivity contribution < 1.29 is 14.6 Å². The number of nitrogens with zero attached hydrogens (tertiary/aromatic N) is 2. The summed E-state index contributed by atoms with van der Waals surface area (Å²) in [4.78, 5) is 16.5. The number of rotatable bonds is 6. The first-order valence-electron chi connectivity index (χ1n) is 9.28. The lowest BCUT2D eigenvalue weighted by Gasteiger charge is -2.12.